The molecule has 1 aromatic carbocycles. The minimum atomic E-state index is -0.558. The summed E-state index contributed by atoms with van der Waals surface area (Å²) in [5.41, 5.74) is 3.83. The van der Waals surface area contributed by atoms with Gasteiger partial charge in [0.2, 0.25) is 0 Å². The minimum Gasteiger partial charge on any atom is -0.301 e. The number of non-ortho nitro benzene ring substituents is 1. The van der Waals surface area contributed by atoms with Crippen molar-refractivity contribution in [1.29, 1.82) is 0 Å². The van der Waals surface area contributed by atoms with Crippen molar-refractivity contribution >= 4 is 32.5 Å². The fourth-order valence-corrected chi connectivity index (χ4v) is 1.91. The van der Waals surface area contributed by atoms with Crippen molar-refractivity contribution < 1.29 is 9.72 Å². The van der Waals surface area contributed by atoms with Crippen molar-refractivity contribution in [3.63, 3.8) is 0 Å². The molecule has 0 saturated carbocycles. The number of carbonyl (C=O) groups is 1. The molecule has 1 aliphatic rings. The van der Waals surface area contributed by atoms with Gasteiger partial charge in [-0.2, -0.15) is 5.10 Å². The summed E-state index contributed by atoms with van der Waals surface area (Å²) in [6.45, 7) is 0. The van der Waals surface area contributed by atoms with Crippen LogP contribution in [0.25, 0.3) is 0 Å². The minimum absolute atomic E-state index is 0.0301. The Bertz CT molecular complexity index is 501. The van der Waals surface area contributed by atoms with Crippen LogP contribution in [-0.2, 0) is 4.79 Å². The van der Waals surface area contributed by atoms with Crippen LogP contribution < -0.4 is 5.43 Å². The maximum atomic E-state index is 10.8. The molecule has 0 aromatic heterocycles. The Morgan fingerprint density at radius 2 is 2.31 bits per heavy atom. The number of hydrogen-bond donors (Lipinski definition) is 1. The Kier molecular flexibility index (Phi) is 2.69. The highest BCUT2D eigenvalue weighted by Crippen LogP contribution is 2.27. The first kappa shape index (κ1) is 10.7. The van der Waals surface area contributed by atoms with Crippen LogP contribution in [0.5, 0.6) is 0 Å². The highest BCUT2D eigenvalue weighted by Gasteiger charge is 2.23. The number of aldehydes is 1. The monoisotopic (exact) mass is 283 g/mol. The third kappa shape index (κ3) is 1.69. The van der Waals surface area contributed by atoms with E-state index in [0.717, 1.165) is 0 Å². The average molecular weight is 284 g/mol. The number of nitrogens with one attached hydrogen (secondary N) is 1. The molecule has 2 rings (SSSR count). The molecule has 1 aromatic rings. The van der Waals surface area contributed by atoms with E-state index in [1.54, 1.807) is 6.07 Å². The summed E-state index contributed by atoms with van der Waals surface area (Å²) in [5.74, 6) is 0. The maximum Gasteiger partial charge on any atom is 0.270 e. The molecule has 0 saturated heterocycles. The first-order valence-corrected chi connectivity index (χ1v) is 5.15. The van der Waals surface area contributed by atoms with Gasteiger partial charge in [0.15, 0.2) is 0 Å². The van der Waals surface area contributed by atoms with E-state index in [1.165, 1.54) is 12.1 Å². The van der Waals surface area contributed by atoms with E-state index < -0.39 is 11.0 Å². The van der Waals surface area contributed by atoms with Crippen molar-refractivity contribution in [2.24, 2.45) is 5.10 Å². The van der Waals surface area contributed by atoms with E-state index in [0.29, 0.717) is 22.0 Å². The van der Waals surface area contributed by atoms with Crippen LogP contribution >= 0.6 is 15.9 Å². The van der Waals surface area contributed by atoms with Gasteiger partial charge in [-0.1, -0.05) is 0 Å². The number of benzene rings is 1. The zero-order chi connectivity index (χ0) is 11.7. The molecule has 16 heavy (non-hydrogen) atoms. The molecule has 0 fully saturated rings. The highest BCUT2D eigenvalue weighted by atomic mass is 79.9. The third-order valence-electron chi connectivity index (χ3n) is 2.24. The quantitative estimate of drug-likeness (QED) is 0.506. The average Bonchev–Trinajstić information content (AvgIpc) is 2.29. The molecule has 1 unspecified atom stereocenters. The molecule has 0 spiro atoms. The van der Waals surface area contributed by atoms with Crippen LogP contribution in [0, 0.1) is 10.1 Å². The van der Waals surface area contributed by atoms with Crippen LogP contribution in [0.4, 0.5) is 5.69 Å². The molecule has 6 nitrogen and oxygen atoms in total. The molecule has 82 valence electrons. The summed E-state index contributed by atoms with van der Waals surface area (Å²) < 4.78 is 0.448. The maximum absolute atomic E-state index is 10.8. The third-order valence-corrected chi connectivity index (χ3v) is 2.85. The van der Waals surface area contributed by atoms with E-state index >= 15 is 0 Å². The largest absolute Gasteiger partial charge is 0.301 e. The number of hydrazone groups is 1. The Morgan fingerprint density at radius 3 is 2.94 bits per heavy atom. The molecule has 0 amide bonds. The zero-order valence-electron chi connectivity index (χ0n) is 7.88. The fourth-order valence-electron chi connectivity index (χ4n) is 1.47. The molecule has 1 aliphatic heterocycles. The van der Waals surface area contributed by atoms with E-state index in [2.05, 4.69) is 26.5 Å². The number of nitro benzene ring substituents is 1. The highest BCUT2D eigenvalue weighted by molar-refractivity contribution is 9.18. The standard InChI is InChI=1S/C9H6BrN3O3/c10-9-7-3-5(13(15)16)1-2-6(7)8(4-14)11-12-9/h1-4,8,11H. The zero-order valence-corrected chi connectivity index (χ0v) is 9.47. The molecule has 1 atom stereocenters. The lowest BCUT2D eigenvalue weighted by Crippen LogP contribution is -2.25. The van der Waals surface area contributed by atoms with Crippen molar-refractivity contribution in [2.45, 2.75) is 6.04 Å². The van der Waals surface area contributed by atoms with Gasteiger partial charge in [0.05, 0.1) is 4.92 Å². The SMILES string of the molecule is O=CC1NN=C(Br)c2cc([N+](=O)[O-])ccc21. The Balaban J connectivity index is 2.57. The van der Waals surface area contributed by atoms with Gasteiger partial charge in [0, 0.05) is 17.7 Å². The smallest absolute Gasteiger partial charge is 0.270 e. The van der Waals surface area contributed by atoms with E-state index in [4.69, 9.17) is 0 Å². The first-order valence-electron chi connectivity index (χ1n) is 4.36. The van der Waals surface area contributed by atoms with Crippen molar-refractivity contribution in [1.82, 2.24) is 5.43 Å². The van der Waals surface area contributed by atoms with Crippen LogP contribution in [0.3, 0.4) is 0 Å². The summed E-state index contributed by atoms with van der Waals surface area (Å²) in [6, 6.07) is 3.75. The van der Waals surface area contributed by atoms with Gasteiger partial charge in [-0.15, -0.1) is 0 Å². The Labute approximate surface area is 98.6 Å². The van der Waals surface area contributed by atoms with Crippen molar-refractivity contribution in [2.75, 3.05) is 0 Å². The van der Waals surface area contributed by atoms with Crippen molar-refractivity contribution in [3.05, 3.63) is 39.4 Å². The van der Waals surface area contributed by atoms with Crippen LogP contribution in [0.1, 0.15) is 17.2 Å². The molecule has 0 bridgehead atoms. The molecule has 0 aliphatic carbocycles. The van der Waals surface area contributed by atoms with Gasteiger partial charge in [0.25, 0.3) is 5.69 Å². The second-order valence-electron chi connectivity index (χ2n) is 3.17. The number of nitro groups is 1. The second kappa shape index (κ2) is 4.01. The normalized spacial score (nSPS) is 18.1. The Morgan fingerprint density at radius 1 is 1.56 bits per heavy atom. The molecular weight excluding hydrogens is 278 g/mol. The predicted octanol–water partition coefficient (Wildman–Crippen LogP) is 1.49. The van der Waals surface area contributed by atoms with Gasteiger partial charge in [-0.3, -0.25) is 15.5 Å². The number of rotatable bonds is 2. The van der Waals surface area contributed by atoms with Crippen LogP contribution in [0.15, 0.2) is 23.3 Å². The van der Waals surface area contributed by atoms with Gasteiger partial charge < -0.3 is 4.79 Å². The summed E-state index contributed by atoms with van der Waals surface area (Å²) in [7, 11) is 0. The number of fused-ring (bicyclic) bond motifs is 1. The lowest BCUT2D eigenvalue weighted by molar-refractivity contribution is -0.384. The molecule has 7 heteroatoms. The Hall–Kier alpha value is -1.76. The summed E-state index contributed by atoms with van der Waals surface area (Å²) in [5, 5.41) is 14.5. The van der Waals surface area contributed by atoms with Crippen LogP contribution in [0.2, 0.25) is 0 Å². The topological polar surface area (TPSA) is 84.6 Å². The predicted molar refractivity (Wildman–Crippen MR) is 60.5 cm³/mol. The van der Waals surface area contributed by atoms with Gasteiger partial charge in [-0.25, -0.2) is 0 Å². The fraction of sp³-hybridized carbons (Fsp3) is 0.111. The first-order chi connectivity index (χ1) is 7.63. The lowest BCUT2D eigenvalue weighted by atomic mass is 10.0. The number of nitrogens with zero attached hydrogens (tertiary/aromatic N) is 2. The van der Waals surface area contributed by atoms with Crippen molar-refractivity contribution in [3.8, 4) is 0 Å². The molecule has 1 N–H and O–H groups in total. The number of carbonyl (C=O) groups excluding carboxylic acids is 1. The van der Waals surface area contributed by atoms with Gasteiger partial charge >= 0.3 is 0 Å². The molecule has 1 heterocycles. The van der Waals surface area contributed by atoms with E-state index in [-0.39, 0.29) is 5.69 Å². The molecular formula is C9H6BrN3O3. The lowest BCUT2D eigenvalue weighted by Gasteiger charge is -2.19. The number of halogens is 1. The molecule has 0 radical (unpaired) electrons. The number of hydrogen-bond acceptors (Lipinski definition) is 5. The van der Waals surface area contributed by atoms with Gasteiger partial charge in [-0.05, 0) is 27.6 Å². The summed E-state index contributed by atoms with van der Waals surface area (Å²) in [6.07, 6.45) is 0.702. The summed E-state index contributed by atoms with van der Waals surface area (Å²) in [4.78, 5) is 20.9. The summed E-state index contributed by atoms with van der Waals surface area (Å²) >= 11 is 3.18. The second-order valence-corrected chi connectivity index (χ2v) is 3.93. The van der Waals surface area contributed by atoms with E-state index in [1.807, 2.05) is 0 Å². The van der Waals surface area contributed by atoms with Crippen LogP contribution in [-0.4, -0.2) is 15.8 Å². The van der Waals surface area contributed by atoms with E-state index in [9.17, 15) is 14.9 Å². The van der Waals surface area contributed by atoms with Gasteiger partial charge in [0.1, 0.15) is 16.9 Å².